The first-order valence-electron chi connectivity index (χ1n) is 8.44. The lowest BCUT2D eigenvalue weighted by molar-refractivity contribution is -0.111. The topological polar surface area (TPSA) is 38.3 Å². The lowest BCUT2D eigenvalue weighted by Crippen LogP contribution is -2.43. The van der Waals surface area contributed by atoms with E-state index >= 15 is 0 Å². The van der Waals surface area contributed by atoms with E-state index in [1.807, 2.05) is 0 Å². The molecule has 0 aliphatic rings. The molecule has 0 aromatic heterocycles. The molecule has 0 unspecified atom stereocenters. The second-order valence-electron chi connectivity index (χ2n) is 7.04. The number of benzene rings is 1. The van der Waals surface area contributed by atoms with Crippen LogP contribution in [0.25, 0.3) is 0 Å². The van der Waals surface area contributed by atoms with Crippen LogP contribution in [0.4, 0.5) is 10.1 Å². The first kappa shape index (κ1) is 21.5. The highest BCUT2D eigenvalue weighted by Gasteiger charge is 2.41. The van der Waals surface area contributed by atoms with E-state index in [9.17, 15) is 9.18 Å². The van der Waals surface area contributed by atoms with Crippen LogP contribution >= 0.6 is 11.6 Å². The summed E-state index contributed by atoms with van der Waals surface area (Å²) in [5.41, 5.74) is 4.55. The van der Waals surface area contributed by atoms with Crippen LogP contribution in [-0.2, 0) is 4.79 Å². The molecule has 0 spiro atoms. The number of carbonyl (C=O) groups is 1. The molecule has 0 aliphatic heterocycles. The molecule has 1 rings (SSSR count). The maximum atomic E-state index is 14.2. The van der Waals surface area contributed by atoms with Gasteiger partial charge in [0.05, 0.1) is 12.8 Å². The molecule has 0 aliphatic carbocycles. The number of ether oxygens (including phenoxy) is 1. The van der Waals surface area contributed by atoms with E-state index in [4.69, 9.17) is 16.3 Å². The van der Waals surface area contributed by atoms with Crippen LogP contribution in [0, 0.1) is 17.3 Å². The number of carbonyl (C=O) groups excluding carboxylic acids is 1. The number of methoxy groups -OCH3 is 1. The van der Waals surface area contributed by atoms with Crippen molar-refractivity contribution in [2.45, 2.75) is 58.2 Å². The zero-order valence-corrected chi connectivity index (χ0v) is 17.7. The molecule has 3 nitrogen and oxygen atoms in total. The standard InChI is InChI=1S/C19H27ClFNO2Si/c1-12(2)25(13(3)4,14(5)6)11-10-17(23)22-15-8-9-16(24-7)18(20)19(15)21/h8-9,12-14H,1-7H3,(H,22,23). The van der Waals surface area contributed by atoms with Gasteiger partial charge in [-0.05, 0) is 34.7 Å². The minimum absolute atomic E-state index is 0.00370. The second kappa shape index (κ2) is 8.73. The lowest BCUT2D eigenvalue weighted by Gasteiger charge is -2.37. The van der Waals surface area contributed by atoms with Crippen molar-refractivity contribution >= 4 is 31.3 Å². The first-order chi connectivity index (χ1) is 11.6. The Balaban J connectivity index is 3.12. The number of hydrogen-bond donors (Lipinski definition) is 1. The van der Waals surface area contributed by atoms with Crippen LogP contribution in [-0.4, -0.2) is 21.1 Å². The van der Waals surface area contributed by atoms with Crippen molar-refractivity contribution < 1.29 is 13.9 Å². The lowest BCUT2D eigenvalue weighted by atomic mass is 10.3. The summed E-state index contributed by atoms with van der Waals surface area (Å²) in [6, 6.07) is 2.92. The zero-order chi connectivity index (χ0) is 19.4. The predicted molar refractivity (Wildman–Crippen MR) is 105 cm³/mol. The molecule has 0 saturated heterocycles. The van der Waals surface area contributed by atoms with Crippen LogP contribution in [0.1, 0.15) is 41.5 Å². The number of halogens is 2. The Morgan fingerprint density at radius 2 is 1.68 bits per heavy atom. The van der Waals surface area contributed by atoms with E-state index in [1.165, 1.54) is 19.2 Å². The number of hydrogen-bond acceptors (Lipinski definition) is 2. The van der Waals surface area contributed by atoms with Crippen LogP contribution < -0.4 is 10.1 Å². The summed E-state index contributed by atoms with van der Waals surface area (Å²) in [6.07, 6.45) is 0. The molecule has 0 saturated carbocycles. The molecule has 0 bridgehead atoms. The summed E-state index contributed by atoms with van der Waals surface area (Å²) in [7, 11) is -0.607. The van der Waals surface area contributed by atoms with Gasteiger partial charge in [0.25, 0.3) is 5.91 Å². The fraction of sp³-hybridized carbons (Fsp3) is 0.526. The van der Waals surface area contributed by atoms with Crippen LogP contribution in [0.3, 0.4) is 0 Å². The van der Waals surface area contributed by atoms with Gasteiger partial charge in [-0.3, -0.25) is 4.79 Å². The van der Waals surface area contributed by atoms with Gasteiger partial charge in [-0.2, -0.15) is 0 Å². The number of nitrogens with one attached hydrogen (secondary N) is 1. The van der Waals surface area contributed by atoms with E-state index in [1.54, 1.807) is 0 Å². The Kier molecular flexibility index (Phi) is 7.52. The van der Waals surface area contributed by atoms with Crippen molar-refractivity contribution in [2.75, 3.05) is 12.4 Å². The molecule has 1 N–H and O–H groups in total. The summed E-state index contributed by atoms with van der Waals surface area (Å²) >= 11 is 5.88. The van der Waals surface area contributed by atoms with E-state index in [-0.39, 0.29) is 16.5 Å². The molecule has 1 amide bonds. The Hall–Kier alpha value is -1.51. The molecule has 0 radical (unpaired) electrons. The molecule has 1 aromatic carbocycles. The van der Waals surface area contributed by atoms with Crippen molar-refractivity contribution in [3.63, 3.8) is 0 Å². The van der Waals surface area contributed by atoms with Gasteiger partial charge in [-0.15, -0.1) is 5.54 Å². The van der Waals surface area contributed by atoms with E-state index in [2.05, 4.69) is 58.3 Å². The highest BCUT2D eigenvalue weighted by atomic mass is 35.5. The quantitative estimate of drug-likeness (QED) is 0.527. The number of anilines is 1. The number of amides is 1. The second-order valence-corrected chi connectivity index (χ2v) is 13.0. The molecule has 0 atom stereocenters. The SMILES string of the molecule is COc1ccc(NC(=O)C#C[Si](C(C)C)(C(C)C)C(C)C)c(F)c1Cl. The van der Waals surface area contributed by atoms with Gasteiger partial charge in [0.2, 0.25) is 0 Å². The van der Waals surface area contributed by atoms with Gasteiger partial charge >= 0.3 is 0 Å². The maximum absolute atomic E-state index is 14.2. The molecule has 25 heavy (non-hydrogen) atoms. The maximum Gasteiger partial charge on any atom is 0.299 e. The van der Waals surface area contributed by atoms with Crippen molar-refractivity contribution in [3.8, 4) is 17.2 Å². The molecule has 0 fully saturated rings. The Morgan fingerprint density at radius 3 is 2.12 bits per heavy atom. The van der Waals surface area contributed by atoms with E-state index in [0.29, 0.717) is 16.6 Å². The van der Waals surface area contributed by atoms with Gasteiger partial charge in [0, 0.05) is 0 Å². The normalized spacial score (nSPS) is 11.5. The van der Waals surface area contributed by atoms with E-state index < -0.39 is 19.8 Å². The average molecular weight is 384 g/mol. The van der Waals surface area contributed by atoms with Gasteiger partial charge < -0.3 is 10.1 Å². The highest BCUT2D eigenvalue weighted by Crippen LogP contribution is 2.40. The largest absolute Gasteiger partial charge is 0.495 e. The van der Waals surface area contributed by atoms with Crippen molar-refractivity contribution in [1.29, 1.82) is 0 Å². The summed E-state index contributed by atoms with van der Waals surface area (Å²) in [4.78, 5) is 12.2. The fourth-order valence-electron chi connectivity index (χ4n) is 3.54. The Labute approximate surface area is 156 Å². The number of rotatable bonds is 5. The minimum atomic E-state index is -2.01. The Bertz CT molecular complexity index is 671. The molecule has 138 valence electrons. The van der Waals surface area contributed by atoms with Gasteiger partial charge in [0.15, 0.2) is 5.82 Å². The van der Waals surface area contributed by atoms with E-state index in [0.717, 1.165) is 0 Å². The third-order valence-corrected chi connectivity index (χ3v) is 11.4. The highest BCUT2D eigenvalue weighted by molar-refractivity contribution is 6.90. The third kappa shape index (κ3) is 4.56. The van der Waals surface area contributed by atoms with Gasteiger partial charge in [-0.25, -0.2) is 4.39 Å². The molecular weight excluding hydrogens is 357 g/mol. The van der Waals surface area contributed by atoms with Crippen molar-refractivity contribution in [3.05, 3.63) is 23.0 Å². The third-order valence-electron chi connectivity index (χ3n) is 4.77. The summed E-state index contributed by atoms with van der Waals surface area (Å²) < 4.78 is 19.2. The predicted octanol–water partition coefficient (Wildman–Crippen LogP) is 5.65. The summed E-state index contributed by atoms with van der Waals surface area (Å²) in [5.74, 6) is 1.67. The fourth-order valence-corrected chi connectivity index (χ4v) is 8.98. The van der Waals surface area contributed by atoms with Crippen LogP contribution in [0.15, 0.2) is 12.1 Å². The minimum Gasteiger partial charge on any atom is -0.495 e. The summed E-state index contributed by atoms with van der Waals surface area (Å²) in [6.45, 7) is 13.0. The molecule has 6 heteroatoms. The van der Waals surface area contributed by atoms with Crippen molar-refractivity contribution in [1.82, 2.24) is 0 Å². The molecular formula is C19H27ClFNO2Si. The first-order valence-corrected chi connectivity index (χ1v) is 11.0. The van der Waals surface area contributed by atoms with Crippen LogP contribution in [0.5, 0.6) is 5.75 Å². The van der Waals surface area contributed by atoms with Crippen molar-refractivity contribution in [2.24, 2.45) is 0 Å². The average Bonchev–Trinajstić information content (AvgIpc) is 2.51. The smallest absolute Gasteiger partial charge is 0.299 e. The molecule has 0 heterocycles. The monoisotopic (exact) mass is 383 g/mol. The van der Waals surface area contributed by atoms with Gasteiger partial charge in [0.1, 0.15) is 18.8 Å². The zero-order valence-electron chi connectivity index (χ0n) is 16.0. The summed E-state index contributed by atoms with van der Waals surface area (Å²) in [5, 5.41) is 2.32. The van der Waals surface area contributed by atoms with Crippen LogP contribution in [0.2, 0.25) is 21.6 Å². The molecule has 1 aromatic rings. The van der Waals surface area contributed by atoms with Gasteiger partial charge in [-0.1, -0.05) is 53.1 Å². The Morgan fingerprint density at radius 1 is 1.16 bits per heavy atom.